The molecular formula is C25H37N3O. The lowest BCUT2D eigenvalue weighted by Crippen LogP contribution is -2.38. The molecular weight excluding hydrogens is 358 g/mol. The molecule has 4 aliphatic rings. The molecule has 29 heavy (non-hydrogen) atoms. The van der Waals surface area contributed by atoms with Crippen LogP contribution < -0.4 is 4.74 Å². The Hall–Kier alpha value is -1.71. The number of hydrogen-bond acceptors (Lipinski definition) is 4. The van der Waals surface area contributed by atoms with Gasteiger partial charge in [-0.25, -0.2) is 0 Å². The van der Waals surface area contributed by atoms with E-state index in [1.165, 1.54) is 56.6 Å². The van der Waals surface area contributed by atoms with Crippen molar-refractivity contribution in [2.45, 2.75) is 70.9 Å². The lowest BCUT2D eigenvalue weighted by molar-refractivity contribution is 0.257. The highest BCUT2D eigenvalue weighted by atomic mass is 16.5. The zero-order valence-electron chi connectivity index (χ0n) is 18.2. The lowest BCUT2D eigenvalue weighted by atomic mass is 9.86. The Morgan fingerprint density at radius 3 is 2.62 bits per heavy atom. The summed E-state index contributed by atoms with van der Waals surface area (Å²) in [4.78, 5) is 10.3. The third kappa shape index (κ3) is 3.75. The summed E-state index contributed by atoms with van der Waals surface area (Å²) in [6.45, 7) is 8.40. The van der Waals surface area contributed by atoms with E-state index in [4.69, 9.17) is 9.73 Å². The second-order valence-corrected chi connectivity index (χ2v) is 9.71. The van der Waals surface area contributed by atoms with Crippen LogP contribution in [0.2, 0.25) is 0 Å². The smallest absolute Gasteiger partial charge is 0.197 e. The predicted molar refractivity (Wildman–Crippen MR) is 118 cm³/mol. The summed E-state index contributed by atoms with van der Waals surface area (Å²) in [6.07, 6.45) is 9.68. The zero-order chi connectivity index (χ0) is 19.8. The molecule has 2 saturated carbocycles. The maximum absolute atomic E-state index is 5.62. The van der Waals surface area contributed by atoms with Crippen LogP contribution in [0.4, 0.5) is 0 Å². The van der Waals surface area contributed by atoms with E-state index in [1.807, 2.05) is 6.92 Å². The monoisotopic (exact) mass is 395 g/mol. The van der Waals surface area contributed by atoms with Crippen molar-refractivity contribution in [1.29, 1.82) is 0 Å². The molecule has 3 unspecified atom stereocenters. The number of aliphatic imine (C=N–C) groups is 1. The van der Waals surface area contributed by atoms with Gasteiger partial charge in [0.25, 0.3) is 0 Å². The van der Waals surface area contributed by atoms with E-state index in [-0.39, 0.29) is 0 Å². The van der Waals surface area contributed by atoms with Crippen molar-refractivity contribution in [3.63, 3.8) is 0 Å². The fourth-order valence-corrected chi connectivity index (χ4v) is 6.52. The van der Waals surface area contributed by atoms with Gasteiger partial charge >= 0.3 is 0 Å². The van der Waals surface area contributed by atoms with Gasteiger partial charge in [0.05, 0.1) is 25.2 Å². The standard InChI is InChI=1S/C25H37N3O/c1-3-22-16-26-25-27(12-11-21-14-19-5-8-20(21)13-19)23(17-28(22)25)15-18-6-9-24(10-7-18)29-4-2/h6-7,9-10,19-23H,3-5,8,11-17H2,1-2H3/t19?,20?,21?,22-,23+/m0/s1. The second-order valence-electron chi connectivity index (χ2n) is 9.71. The quantitative estimate of drug-likeness (QED) is 0.644. The van der Waals surface area contributed by atoms with Crippen molar-refractivity contribution >= 4 is 5.96 Å². The first kappa shape index (κ1) is 19.3. The van der Waals surface area contributed by atoms with Gasteiger partial charge < -0.3 is 14.5 Å². The summed E-state index contributed by atoms with van der Waals surface area (Å²) < 4.78 is 5.62. The van der Waals surface area contributed by atoms with E-state index >= 15 is 0 Å². The minimum absolute atomic E-state index is 0.555. The Balaban J connectivity index is 1.27. The van der Waals surface area contributed by atoms with Crippen molar-refractivity contribution in [3.8, 4) is 5.75 Å². The highest BCUT2D eigenvalue weighted by Crippen LogP contribution is 2.49. The van der Waals surface area contributed by atoms with Crippen LogP contribution in [0, 0.1) is 17.8 Å². The SMILES string of the molecule is CCOc1ccc(C[C@@H]2CN3C(=NC[C@@H]3CC)N2CCC2CC3CCC2C3)cc1. The molecule has 4 heteroatoms. The van der Waals surface area contributed by atoms with Gasteiger partial charge in [0.15, 0.2) is 5.96 Å². The summed E-state index contributed by atoms with van der Waals surface area (Å²) in [5.41, 5.74) is 1.41. The largest absolute Gasteiger partial charge is 0.494 e. The fraction of sp³-hybridized carbons (Fsp3) is 0.720. The van der Waals surface area contributed by atoms with Crippen molar-refractivity contribution in [3.05, 3.63) is 29.8 Å². The highest BCUT2D eigenvalue weighted by molar-refractivity contribution is 5.84. The molecule has 3 fully saturated rings. The van der Waals surface area contributed by atoms with Crippen LogP contribution in [-0.4, -0.2) is 54.1 Å². The lowest BCUT2D eigenvalue weighted by Gasteiger charge is -2.29. The van der Waals surface area contributed by atoms with Crippen LogP contribution in [0.15, 0.2) is 29.3 Å². The van der Waals surface area contributed by atoms with Crippen molar-refractivity contribution in [2.75, 3.05) is 26.2 Å². The fourth-order valence-electron chi connectivity index (χ4n) is 6.52. The summed E-state index contributed by atoms with van der Waals surface area (Å²) in [5.74, 6) is 5.32. The topological polar surface area (TPSA) is 28.1 Å². The van der Waals surface area contributed by atoms with Gasteiger partial charge in [0, 0.05) is 13.1 Å². The Morgan fingerprint density at radius 1 is 1.07 bits per heavy atom. The number of hydrogen-bond donors (Lipinski definition) is 0. The second kappa shape index (κ2) is 8.20. The summed E-state index contributed by atoms with van der Waals surface area (Å²) >= 11 is 0. The number of ether oxygens (including phenoxy) is 1. The molecule has 2 heterocycles. The van der Waals surface area contributed by atoms with E-state index in [0.717, 1.165) is 49.6 Å². The Bertz CT molecular complexity index is 730. The molecule has 0 spiro atoms. The molecule has 2 aliphatic heterocycles. The highest BCUT2D eigenvalue weighted by Gasteiger charge is 2.43. The normalized spacial score (nSPS) is 32.8. The van der Waals surface area contributed by atoms with Crippen LogP contribution in [-0.2, 0) is 6.42 Å². The van der Waals surface area contributed by atoms with Crippen molar-refractivity contribution in [1.82, 2.24) is 9.80 Å². The van der Waals surface area contributed by atoms with E-state index in [1.54, 1.807) is 0 Å². The number of benzene rings is 1. The number of rotatable bonds is 8. The summed E-state index contributed by atoms with van der Waals surface area (Å²) in [7, 11) is 0. The van der Waals surface area contributed by atoms with Crippen LogP contribution in [0.3, 0.4) is 0 Å². The van der Waals surface area contributed by atoms with Crippen LogP contribution >= 0.6 is 0 Å². The molecule has 0 N–H and O–H groups in total. The average Bonchev–Trinajstić information content (AvgIpc) is 3.50. The molecule has 1 aromatic rings. The van der Waals surface area contributed by atoms with Crippen LogP contribution in [0.5, 0.6) is 5.75 Å². The van der Waals surface area contributed by atoms with E-state index in [2.05, 4.69) is 41.0 Å². The molecule has 2 aliphatic carbocycles. The van der Waals surface area contributed by atoms with Gasteiger partial charge in [-0.2, -0.15) is 0 Å². The third-order valence-electron chi connectivity index (χ3n) is 8.05. The first-order valence-electron chi connectivity index (χ1n) is 12.0. The van der Waals surface area contributed by atoms with Crippen LogP contribution in [0.1, 0.15) is 57.9 Å². The molecule has 0 aromatic heterocycles. The molecule has 2 bridgehead atoms. The minimum Gasteiger partial charge on any atom is -0.494 e. The molecule has 5 rings (SSSR count). The maximum atomic E-state index is 5.62. The molecule has 1 aromatic carbocycles. The van der Waals surface area contributed by atoms with E-state index < -0.39 is 0 Å². The zero-order valence-corrected chi connectivity index (χ0v) is 18.2. The Labute approximate surface area is 176 Å². The van der Waals surface area contributed by atoms with Gasteiger partial charge in [0.2, 0.25) is 0 Å². The first-order valence-corrected chi connectivity index (χ1v) is 12.0. The minimum atomic E-state index is 0.555. The van der Waals surface area contributed by atoms with Crippen LogP contribution in [0.25, 0.3) is 0 Å². The molecule has 5 atom stereocenters. The van der Waals surface area contributed by atoms with Gasteiger partial charge in [-0.3, -0.25) is 4.99 Å². The number of fused-ring (bicyclic) bond motifs is 3. The molecule has 1 saturated heterocycles. The summed E-state index contributed by atoms with van der Waals surface area (Å²) in [6, 6.07) is 9.92. The van der Waals surface area contributed by atoms with Gasteiger partial charge in [-0.1, -0.05) is 25.5 Å². The van der Waals surface area contributed by atoms with Gasteiger partial charge in [-0.15, -0.1) is 0 Å². The number of guanidine groups is 1. The van der Waals surface area contributed by atoms with Crippen molar-refractivity contribution in [2.24, 2.45) is 22.7 Å². The van der Waals surface area contributed by atoms with E-state index in [0.29, 0.717) is 12.1 Å². The first-order chi connectivity index (χ1) is 14.2. The maximum Gasteiger partial charge on any atom is 0.197 e. The third-order valence-corrected chi connectivity index (χ3v) is 8.05. The van der Waals surface area contributed by atoms with Crippen molar-refractivity contribution < 1.29 is 4.74 Å². The Kier molecular flexibility index (Phi) is 5.45. The molecule has 158 valence electrons. The molecule has 0 amide bonds. The van der Waals surface area contributed by atoms with E-state index in [9.17, 15) is 0 Å². The predicted octanol–water partition coefficient (Wildman–Crippen LogP) is 4.59. The van der Waals surface area contributed by atoms with Gasteiger partial charge in [0.1, 0.15) is 5.75 Å². The van der Waals surface area contributed by atoms with Gasteiger partial charge in [-0.05, 0) is 80.9 Å². The number of nitrogens with zero attached hydrogens (tertiary/aromatic N) is 3. The molecule has 0 radical (unpaired) electrons. The summed E-state index contributed by atoms with van der Waals surface area (Å²) in [5, 5.41) is 0. The average molecular weight is 396 g/mol. The Morgan fingerprint density at radius 2 is 1.93 bits per heavy atom. The molecule has 4 nitrogen and oxygen atoms in total.